The Kier molecular flexibility index (Phi) is 6.62. The van der Waals surface area contributed by atoms with Gasteiger partial charge < -0.3 is 15.2 Å². The van der Waals surface area contributed by atoms with Gasteiger partial charge in [0.05, 0.1) is 12.0 Å². The number of benzene rings is 2. The molecular weight excluding hydrogens is 443 g/mol. The van der Waals surface area contributed by atoms with Crippen LogP contribution in [0.1, 0.15) is 77.0 Å². The summed E-state index contributed by atoms with van der Waals surface area (Å²) in [6.07, 6.45) is -0.761. The quantitative estimate of drug-likeness (QED) is 0.472. The van der Waals surface area contributed by atoms with Gasteiger partial charge in [0.25, 0.3) is 0 Å². The molecule has 2 aromatic carbocycles. The highest BCUT2D eigenvalue weighted by molar-refractivity contribution is 5.89. The molecule has 0 aliphatic heterocycles. The molecular formula is C27H34F3NO3. The number of hydrogen-bond acceptors (Lipinski definition) is 3. The zero-order chi connectivity index (χ0) is 24.8. The Bertz CT molecular complexity index is 1060. The van der Waals surface area contributed by atoms with Crippen LogP contribution < -0.4 is 10.1 Å². The van der Waals surface area contributed by atoms with E-state index < -0.39 is 29.0 Å². The van der Waals surface area contributed by atoms with E-state index in [1.54, 1.807) is 18.2 Å². The smallest absolute Gasteiger partial charge is 0.420 e. The molecule has 2 aliphatic rings. The first-order valence-electron chi connectivity index (χ1n) is 12.2. The van der Waals surface area contributed by atoms with Crippen molar-refractivity contribution in [3.63, 3.8) is 0 Å². The van der Waals surface area contributed by atoms with Crippen LogP contribution in [-0.2, 0) is 11.0 Å². The molecule has 0 heterocycles. The first kappa shape index (κ1) is 24.8. The minimum Gasteiger partial charge on any atom is -0.490 e. The lowest BCUT2D eigenvalue weighted by Gasteiger charge is -2.51. The van der Waals surface area contributed by atoms with Crippen LogP contribution in [0.15, 0.2) is 30.3 Å². The monoisotopic (exact) mass is 477 g/mol. The minimum absolute atomic E-state index is 0.0234. The van der Waals surface area contributed by atoms with Gasteiger partial charge in [-0.15, -0.1) is 0 Å². The van der Waals surface area contributed by atoms with E-state index >= 15 is 0 Å². The fourth-order valence-corrected chi connectivity index (χ4v) is 5.53. The fraction of sp³-hybridized carbons (Fsp3) is 0.593. The van der Waals surface area contributed by atoms with Gasteiger partial charge in [-0.25, -0.2) is 0 Å². The van der Waals surface area contributed by atoms with Crippen LogP contribution in [0.4, 0.5) is 13.2 Å². The van der Waals surface area contributed by atoms with Gasteiger partial charge in [0.1, 0.15) is 11.3 Å². The number of ether oxygens (including phenoxy) is 1. The van der Waals surface area contributed by atoms with Gasteiger partial charge in [0.15, 0.2) is 0 Å². The van der Waals surface area contributed by atoms with Crippen molar-refractivity contribution in [3.8, 4) is 5.75 Å². The second-order valence-electron chi connectivity index (χ2n) is 10.8. The first-order chi connectivity index (χ1) is 15.9. The Morgan fingerprint density at radius 2 is 1.79 bits per heavy atom. The lowest BCUT2D eigenvalue weighted by Crippen LogP contribution is -2.59. The van der Waals surface area contributed by atoms with Crippen LogP contribution in [0.5, 0.6) is 5.75 Å². The molecule has 4 nitrogen and oxygen atoms in total. The predicted octanol–water partition coefficient (Wildman–Crippen LogP) is 6.97. The van der Waals surface area contributed by atoms with Gasteiger partial charge in [-0.05, 0) is 78.8 Å². The normalized spacial score (nSPS) is 27.7. The van der Waals surface area contributed by atoms with Crippen molar-refractivity contribution in [3.05, 3.63) is 41.5 Å². The second-order valence-corrected chi connectivity index (χ2v) is 10.8. The molecule has 2 aromatic rings. The number of hydrogen-bond donors (Lipinski definition) is 2. The number of carboxylic acid groups (broad SMARTS) is 1. The topological polar surface area (TPSA) is 58.6 Å². The SMILES string of the molecule is CC(NC1CC(C(=O)O)C1(C)C)c1ccc2ccc(O[C@H]3CC[C@@H](C)CC3)c(C(F)(F)F)c2c1. The number of alkyl halides is 3. The number of carboxylic acids is 1. The Morgan fingerprint density at radius 3 is 2.38 bits per heavy atom. The Morgan fingerprint density at radius 1 is 1.15 bits per heavy atom. The summed E-state index contributed by atoms with van der Waals surface area (Å²) in [4.78, 5) is 11.4. The number of nitrogens with one attached hydrogen (secondary N) is 1. The molecule has 186 valence electrons. The average molecular weight is 478 g/mol. The third-order valence-corrected chi connectivity index (χ3v) is 8.06. The number of halogens is 3. The summed E-state index contributed by atoms with van der Waals surface area (Å²) in [5.41, 5.74) is -0.407. The van der Waals surface area contributed by atoms with Crippen molar-refractivity contribution >= 4 is 16.7 Å². The van der Waals surface area contributed by atoms with Crippen molar-refractivity contribution < 1.29 is 27.8 Å². The van der Waals surface area contributed by atoms with E-state index in [0.29, 0.717) is 17.7 Å². The molecule has 34 heavy (non-hydrogen) atoms. The van der Waals surface area contributed by atoms with Gasteiger partial charge in [-0.2, -0.15) is 13.2 Å². The molecule has 2 aliphatic carbocycles. The molecule has 2 fully saturated rings. The number of fused-ring (bicyclic) bond motifs is 1. The molecule has 0 spiro atoms. The average Bonchev–Trinajstić information content (AvgIpc) is 2.76. The van der Waals surface area contributed by atoms with Gasteiger partial charge in [0, 0.05) is 12.1 Å². The molecule has 4 rings (SSSR count). The summed E-state index contributed by atoms with van der Waals surface area (Å²) in [5, 5.41) is 13.5. The summed E-state index contributed by atoms with van der Waals surface area (Å²) in [7, 11) is 0. The second kappa shape index (κ2) is 9.06. The molecule has 0 amide bonds. The lowest BCUT2D eigenvalue weighted by molar-refractivity contribution is -0.155. The minimum atomic E-state index is -4.54. The highest BCUT2D eigenvalue weighted by Crippen LogP contribution is 2.47. The number of aliphatic carboxylic acids is 1. The maximum absolute atomic E-state index is 14.3. The van der Waals surface area contributed by atoms with Gasteiger partial charge in [0.2, 0.25) is 0 Å². The largest absolute Gasteiger partial charge is 0.490 e. The summed E-state index contributed by atoms with van der Waals surface area (Å²) in [5.74, 6) is -0.743. The molecule has 2 saturated carbocycles. The van der Waals surface area contributed by atoms with Crippen molar-refractivity contribution in [1.82, 2.24) is 5.32 Å². The van der Waals surface area contributed by atoms with Crippen LogP contribution in [0.2, 0.25) is 0 Å². The zero-order valence-corrected chi connectivity index (χ0v) is 20.2. The summed E-state index contributed by atoms with van der Waals surface area (Å²) >= 11 is 0. The van der Waals surface area contributed by atoms with E-state index in [1.165, 1.54) is 6.07 Å². The van der Waals surface area contributed by atoms with Gasteiger partial charge >= 0.3 is 12.1 Å². The van der Waals surface area contributed by atoms with Gasteiger partial charge in [-0.1, -0.05) is 39.0 Å². The summed E-state index contributed by atoms with van der Waals surface area (Å²) in [6, 6.07) is 8.05. The highest BCUT2D eigenvalue weighted by atomic mass is 19.4. The summed E-state index contributed by atoms with van der Waals surface area (Å²) in [6.45, 7) is 7.90. The molecule has 3 atom stereocenters. The van der Waals surface area contributed by atoms with E-state index in [-0.39, 0.29) is 29.3 Å². The van der Waals surface area contributed by atoms with Crippen molar-refractivity contribution in [2.45, 2.75) is 84.2 Å². The van der Waals surface area contributed by atoms with Gasteiger partial charge in [-0.3, -0.25) is 4.79 Å². The van der Waals surface area contributed by atoms with Crippen molar-refractivity contribution in [1.29, 1.82) is 0 Å². The number of carbonyl (C=O) groups is 1. The fourth-order valence-electron chi connectivity index (χ4n) is 5.53. The molecule has 0 radical (unpaired) electrons. The van der Waals surface area contributed by atoms with Crippen LogP contribution in [0, 0.1) is 17.3 Å². The maximum Gasteiger partial charge on any atom is 0.420 e. The van der Waals surface area contributed by atoms with E-state index in [4.69, 9.17) is 4.74 Å². The van der Waals surface area contributed by atoms with Crippen LogP contribution >= 0.6 is 0 Å². The molecule has 0 bridgehead atoms. The maximum atomic E-state index is 14.3. The molecule has 2 N–H and O–H groups in total. The molecule has 0 saturated heterocycles. The Balaban J connectivity index is 1.62. The third kappa shape index (κ3) is 4.77. The van der Waals surface area contributed by atoms with E-state index in [1.807, 2.05) is 26.8 Å². The van der Waals surface area contributed by atoms with E-state index in [9.17, 15) is 23.1 Å². The van der Waals surface area contributed by atoms with E-state index in [2.05, 4.69) is 12.2 Å². The molecule has 7 heteroatoms. The van der Waals surface area contributed by atoms with Crippen molar-refractivity contribution in [2.75, 3.05) is 0 Å². The third-order valence-electron chi connectivity index (χ3n) is 8.06. The Labute approximate surface area is 198 Å². The zero-order valence-electron chi connectivity index (χ0n) is 20.2. The number of rotatable bonds is 6. The first-order valence-corrected chi connectivity index (χ1v) is 12.2. The molecule has 0 aromatic heterocycles. The van der Waals surface area contributed by atoms with E-state index in [0.717, 1.165) is 31.2 Å². The van der Waals surface area contributed by atoms with Crippen molar-refractivity contribution in [2.24, 2.45) is 17.3 Å². The predicted molar refractivity (Wildman–Crippen MR) is 126 cm³/mol. The van der Waals surface area contributed by atoms with Crippen LogP contribution in [-0.4, -0.2) is 23.2 Å². The lowest BCUT2D eigenvalue weighted by atomic mass is 9.58. The summed E-state index contributed by atoms with van der Waals surface area (Å²) < 4.78 is 48.7. The Hall–Kier alpha value is -2.28. The standard InChI is InChI=1S/C27H34F3NO3/c1-15-5-10-19(11-6-15)34-22-12-9-17-7-8-18(13-20(17)24(22)27(28,29)30)16(2)31-23-14-21(25(32)33)26(23,3)4/h7-9,12-13,15-16,19,21,23,31H,5-6,10-11,14H2,1-4H3,(H,32,33)/t15-,16?,19+,21?,23?. The van der Waals surface area contributed by atoms with Crippen LogP contribution in [0.25, 0.3) is 10.8 Å². The molecule has 3 unspecified atom stereocenters. The highest BCUT2D eigenvalue weighted by Gasteiger charge is 2.52. The van der Waals surface area contributed by atoms with Crippen LogP contribution in [0.3, 0.4) is 0 Å².